The van der Waals surface area contributed by atoms with Crippen LogP contribution in [0.3, 0.4) is 0 Å². The summed E-state index contributed by atoms with van der Waals surface area (Å²) in [5.41, 5.74) is -0.279. The number of aromatic amines is 1. The molecule has 1 heterocycles. The van der Waals surface area contributed by atoms with E-state index in [-0.39, 0.29) is 5.91 Å². The first-order valence-electron chi connectivity index (χ1n) is 6.45. The molecular formula is C15H15N3O3. The Labute approximate surface area is 120 Å². The third-order valence-corrected chi connectivity index (χ3v) is 2.78. The highest BCUT2D eigenvalue weighted by Gasteiger charge is 2.01. The molecule has 6 nitrogen and oxygen atoms in total. The molecule has 1 amide bonds. The largest absolute Gasteiger partial charge is 0.349 e. The number of nitrogens with zero attached hydrogens (tertiary/aromatic N) is 1. The van der Waals surface area contributed by atoms with Gasteiger partial charge in [0.25, 0.3) is 11.5 Å². The van der Waals surface area contributed by atoms with Gasteiger partial charge in [-0.15, -0.1) is 0 Å². The summed E-state index contributed by atoms with van der Waals surface area (Å²) in [7, 11) is 0. The molecule has 0 aliphatic carbocycles. The monoisotopic (exact) mass is 285 g/mol. The van der Waals surface area contributed by atoms with Crippen LogP contribution in [0.15, 0.2) is 64.3 Å². The number of carbonyl (C=O) groups excluding carboxylic acids is 1. The number of amides is 1. The third-order valence-electron chi connectivity index (χ3n) is 2.78. The maximum absolute atomic E-state index is 11.7. The van der Waals surface area contributed by atoms with E-state index in [4.69, 9.17) is 0 Å². The molecule has 2 aromatic rings. The van der Waals surface area contributed by atoms with Crippen LogP contribution in [-0.2, 0) is 6.54 Å². The standard InChI is InChI=1S/C15H15N3O3/c19-13-8-11-18(15(21)17-13)10-5-4-9-16-14(20)12-6-2-1-3-7-12/h1-8,11H,9-10H2,(H,16,20)(H,17,19,21)/b5-4-. The van der Waals surface area contributed by atoms with Gasteiger partial charge in [0, 0.05) is 30.9 Å². The molecule has 1 aromatic heterocycles. The average Bonchev–Trinajstić information content (AvgIpc) is 2.49. The Balaban J connectivity index is 1.82. The minimum atomic E-state index is -0.458. The zero-order valence-corrected chi connectivity index (χ0v) is 11.3. The molecule has 0 fully saturated rings. The molecule has 2 rings (SSSR count). The number of H-pyrrole nitrogens is 1. The van der Waals surface area contributed by atoms with E-state index in [0.29, 0.717) is 18.7 Å². The minimum absolute atomic E-state index is 0.151. The Morgan fingerprint density at radius 1 is 1.14 bits per heavy atom. The second-order valence-corrected chi connectivity index (χ2v) is 4.31. The normalized spacial score (nSPS) is 10.7. The number of carbonyl (C=O) groups is 1. The average molecular weight is 285 g/mol. The van der Waals surface area contributed by atoms with Gasteiger partial charge in [-0.05, 0) is 12.1 Å². The summed E-state index contributed by atoms with van der Waals surface area (Å²) in [5, 5.41) is 2.74. The highest BCUT2D eigenvalue weighted by molar-refractivity contribution is 5.94. The van der Waals surface area contributed by atoms with Gasteiger partial charge >= 0.3 is 5.69 Å². The summed E-state index contributed by atoms with van der Waals surface area (Å²) in [5.74, 6) is -0.151. The van der Waals surface area contributed by atoms with E-state index in [9.17, 15) is 14.4 Å². The van der Waals surface area contributed by atoms with E-state index in [2.05, 4.69) is 10.3 Å². The smallest absolute Gasteiger partial charge is 0.328 e. The van der Waals surface area contributed by atoms with Gasteiger partial charge in [-0.2, -0.15) is 0 Å². The molecule has 0 atom stereocenters. The van der Waals surface area contributed by atoms with Gasteiger partial charge in [-0.1, -0.05) is 30.4 Å². The number of allylic oxidation sites excluding steroid dienone is 1. The Morgan fingerprint density at radius 3 is 2.62 bits per heavy atom. The van der Waals surface area contributed by atoms with Gasteiger partial charge in [-0.3, -0.25) is 19.1 Å². The van der Waals surface area contributed by atoms with Crippen molar-refractivity contribution in [1.29, 1.82) is 0 Å². The lowest BCUT2D eigenvalue weighted by atomic mass is 10.2. The van der Waals surface area contributed by atoms with E-state index in [1.807, 2.05) is 6.07 Å². The zero-order chi connectivity index (χ0) is 15.1. The van der Waals surface area contributed by atoms with Crippen molar-refractivity contribution in [2.75, 3.05) is 6.54 Å². The van der Waals surface area contributed by atoms with E-state index >= 15 is 0 Å². The molecule has 0 saturated heterocycles. The first-order chi connectivity index (χ1) is 10.2. The molecule has 2 N–H and O–H groups in total. The van der Waals surface area contributed by atoms with Gasteiger partial charge in [0.2, 0.25) is 0 Å². The quantitative estimate of drug-likeness (QED) is 0.786. The molecule has 1 aromatic carbocycles. The van der Waals surface area contributed by atoms with E-state index in [0.717, 1.165) is 0 Å². The van der Waals surface area contributed by atoms with Gasteiger partial charge in [0.1, 0.15) is 0 Å². The van der Waals surface area contributed by atoms with Crippen molar-refractivity contribution < 1.29 is 4.79 Å². The fourth-order valence-electron chi connectivity index (χ4n) is 1.70. The summed E-state index contributed by atoms with van der Waals surface area (Å²) in [6.07, 6.45) is 4.91. The van der Waals surface area contributed by atoms with Crippen molar-refractivity contribution in [2.24, 2.45) is 0 Å². The second kappa shape index (κ2) is 7.04. The lowest BCUT2D eigenvalue weighted by Crippen LogP contribution is -2.28. The van der Waals surface area contributed by atoms with Crippen molar-refractivity contribution in [2.45, 2.75) is 6.54 Å². The number of aromatic nitrogens is 2. The fraction of sp³-hybridized carbons (Fsp3) is 0.133. The minimum Gasteiger partial charge on any atom is -0.349 e. The van der Waals surface area contributed by atoms with Crippen LogP contribution < -0.4 is 16.6 Å². The van der Waals surface area contributed by atoms with Crippen LogP contribution in [0, 0.1) is 0 Å². The maximum Gasteiger partial charge on any atom is 0.328 e. The van der Waals surface area contributed by atoms with Crippen LogP contribution in [0.25, 0.3) is 0 Å². The fourth-order valence-corrected chi connectivity index (χ4v) is 1.70. The van der Waals surface area contributed by atoms with Crippen LogP contribution >= 0.6 is 0 Å². The number of hydrogen-bond acceptors (Lipinski definition) is 3. The summed E-state index contributed by atoms with van der Waals surface area (Å²) in [6.45, 7) is 0.697. The molecule has 0 saturated carbocycles. The first kappa shape index (κ1) is 14.5. The Kier molecular flexibility index (Phi) is 4.87. The van der Waals surface area contributed by atoms with E-state index < -0.39 is 11.2 Å². The Bertz CT molecular complexity index is 745. The number of nitrogens with one attached hydrogen (secondary N) is 2. The van der Waals surface area contributed by atoms with Gasteiger partial charge in [0.15, 0.2) is 0 Å². The van der Waals surface area contributed by atoms with Crippen molar-refractivity contribution in [1.82, 2.24) is 14.9 Å². The van der Waals surface area contributed by atoms with Crippen LogP contribution in [0.2, 0.25) is 0 Å². The molecule has 0 radical (unpaired) electrons. The topological polar surface area (TPSA) is 84.0 Å². The third kappa shape index (κ3) is 4.31. The molecule has 0 aliphatic heterocycles. The molecule has 108 valence electrons. The molecule has 0 bridgehead atoms. The van der Waals surface area contributed by atoms with Crippen LogP contribution in [0.1, 0.15) is 10.4 Å². The number of benzene rings is 1. The van der Waals surface area contributed by atoms with Gasteiger partial charge in [0.05, 0.1) is 0 Å². The predicted octanol–water partition coefficient (Wildman–Crippen LogP) is 0.523. The summed E-state index contributed by atoms with van der Waals surface area (Å²) in [6, 6.07) is 10.2. The maximum atomic E-state index is 11.7. The number of rotatable bonds is 5. The predicted molar refractivity (Wildman–Crippen MR) is 79.2 cm³/mol. The molecule has 0 aliphatic rings. The van der Waals surface area contributed by atoms with E-state index in [1.165, 1.54) is 16.8 Å². The Morgan fingerprint density at radius 2 is 1.90 bits per heavy atom. The molecular weight excluding hydrogens is 270 g/mol. The van der Waals surface area contributed by atoms with Crippen LogP contribution in [0.5, 0.6) is 0 Å². The summed E-state index contributed by atoms with van der Waals surface area (Å²) >= 11 is 0. The van der Waals surface area contributed by atoms with Gasteiger partial charge < -0.3 is 5.32 Å². The highest BCUT2D eigenvalue weighted by Crippen LogP contribution is 1.97. The lowest BCUT2D eigenvalue weighted by molar-refractivity contribution is 0.0958. The van der Waals surface area contributed by atoms with Crippen molar-refractivity contribution in [3.05, 3.63) is 81.1 Å². The lowest BCUT2D eigenvalue weighted by Gasteiger charge is -2.02. The SMILES string of the molecule is O=C(NC/C=C\Cn1ccc(=O)[nH]c1=O)c1ccccc1. The van der Waals surface area contributed by atoms with Crippen LogP contribution in [0.4, 0.5) is 0 Å². The number of hydrogen-bond donors (Lipinski definition) is 2. The molecule has 0 unspecified atom stereocenters. The van der Waals surface area contributed by atoms with Crippen molar-refractivity contribution in [3.8, 4) is 0 Å². The molecule has 0 spiro atoms. The first-order valence-corrected chi connectivity index (χ1v) is 6.45. The van der Waals surface area contributed by atoms with Crippen molar-refractivity contribution >= 4 is 5.91 Å². The second-order valence-electron chi connectivity index (χ2n) is 4.31. The highest BCUT2D eigenvalue weighted by atomic mass is 16.2. The van der Waals surface area contributed by atoms with Gasteiger partial charge in [-0.25, -0.2) is 4.79 Å². The Hall–Kier alpha value is -2.89. The summed E-state index contributed by atoms with van der Waals surface area (Å²) in [4.78, 5) is 36.2. The molecule has 21 heavy (non-hydrogen) atoms. The van der Waals surface area contributed by atoms with E-state index in [1.54, 1.807) is 36.4 Å². The van der Waals surface area contributed by atoms with Crippen molar-refractivity contribution in [3.63, 3.8) is 0 Å². The van der Waals surface area contributed by atoms with Crippen LogP contribution in [-0.4, -0.2) is 22.0 Å². The zero-order valence-electron chi connectivity index (χ0n) is 11.3. The molecule has 6 heteroatoms. The summed E-state index contributed by atoms with van der Waals surface area (Å²) < 4.78 is 1.36.